The normalized spacial score (nSPS) is 16.0. The molecule has 1 heterocycles. The van der Waals surface area contributed by atoms with Crippen molar-refractivity contribution in [2.75, 3.05) is 13.1 Å². The highest BCUT2D eigenvalue weighted by atomic mass is 35.5. The van der Waals surface area contributed by atoms with E-state index in [0.717, 1.165) is 37.7 Å². The molecule has 0 saturated heterocycles. The summed E-state index contributed by atoms with van der Waals surface area (Å²) in [7, 11) is 0. The Hall–Kier alpha value is -1.24. The molecule has 3 rings (SSSR count). The van der Waals surface area contributed by atoms with Crippen LogP contribution in [-0.4, -0.2) is 35.2 Å². The minimum atomic E-state index is -0.794. The second kappa shape index (κ2) is 10.2. The van der Waals surface area contributed by atoms with E-state index in [-0.39, 0.29) is 36.8 Å². The SMILES string of the molecule is Cl.Cl.N[C@H](Cc1cc(F)ccc1F)[C@@H](O)CN1CCc2ccccc2C1. The number of rotatable bonds is 5. The summed E-state index contributed by atoms with van der Waals surface area (Å²) in [5.41, 5.74) is 8.82. The van der Waals surface area contributed by atoms with Crippen LogP contribution in [0.3, 0.4) is 0 Å². The number of hydrogen-bond acceptors (Lipinski definition) is 3. The molecule has 0 fully saturated rings. The van der Waals surface area contributed by atoms with Gasteiger partial charge in [0.1, 0.15) is 11.6 Å². The first-order chi connectivity index (χ1) is 11.5. The van der Waals surface area contributed by atoms with Crippen molar-refractivity contribution in [1.29, 1.82) is 0 Å². The van der Waals surface area contributed by atoms with Gasteiger partial charge < -0.3 is 10.8 Å². The number of aliphatic hydroxyl groups is 1. The van der Waals surface area contributed by atoms with Crippen LogP contribution >= 0.6 is 24.8 Å². The van der Waals surface area contributed by atoms with Crippen molar-refractivity contribution < 1.29 is 13.9 Å². The van der Waals surface area contributed by atoms with Crippen molar-refractivity contribution in [1.82, 2.24) is 4.90 Å². The zero-order chi connectivity index (χ0) is 17.1. The second-order valence-corrected chi connectivity index (χ2v) is 6.42. The van der Waals surface area contributed by atoms with Gasteiger partial charge in [-0.3, -0.25) is 4.90 Å². The molecule has 3 N–H and O–H groups in total. The molecule has 0 saturated carbocycles. The zero-order valence-electron chi connectivity index (χ0n) is 14.3. The van der Waals surface area contributed by atoms with Crippen LogP contribution in [0, 0.1) is 11.6 Å². The summed E-state index contributed by atoms with van der Waals surface area (Å²) in [5, 5.41) is 10.4. The molecule has 0 radical (unpaired) electrons. The highest BCUT2D eigenvalue weighted by Crippen LogP contribution is 2.19. The standard InChI is InChI=1S/C19H22F2N2O.2ClH/c20-16-5-6-17(21)15(9-16)10-18(22)19(24)12-23-8-7-13-3-1-2-4-14(13)11-23;;/h1-6,9,18-19,24H,7-8,10-12,22H2;2*1H/t18-,19+;;/m1../s1. The Labute approximate surface area is 165 Å². The van der Waals surface area contributed by atoms with E-state index in [9.17, 15) is 13.9 Å². The summed E-state index contributed by atoms with van der Waals surface area (Å²) in [6.07, 6.45) is 0.254. The number of fused-ring (bicyclic) bond motifs is 1. The minimum Gasteiger partial charge on any atom is -0.390 e. The Balaban J connectivity index is 0.00000169. The third kappa shape index (κ3) is 5.63. The topological polar surface area (TPSA) is 49.5 Å². The number of hydrogen-bond donors (Lipinski definition) is 2. The summed E-state index contributed by atoms with van der Waals surface area (Å²) in [6, 6.07) is 10.9. The van der Waals surface area contributed by atoms with E-state index >= 15 is 0 Å². The first-order valence-electron chi connectivity index (χ1n) is 8.19. The summed E-state index contributed by atoms with van der Waals surface area (Å²) in [5.74, 6) is -0.994. The lowest BCUT2D eigenvalue weighted by atomic mass is 9.98. The van der Waals surface area contributed by atoms with E-state index in [0.29, 0.717) is 6.54 Å². The van der Waals surface area contributed by atoms with E-state index in [2.05, 4.69) is 17.0 Å². The Morgan fingerprint density at radius 1 is 1.08 bits per heavy atom. The van der Waals surface area contributed by atoms with Gasteiger partial charge in [-0.05, 0) is 47.7 Å². The van der Waals surface area contributed by atoms with Crippen LogP contribution in [0.15, 0.2) is 42.5 Å². The van der Waals surface area contributed by atoms with Crippen LogP contribution in [0.2, 0.25) is 0 Å². The Morgan fingerprint density at radius 3 is 2.50 bits per heavy atom. The number of nitrogens with two attached hydrogens (primary N) is 1. The fourth-order valence-corrected chi connectivity index (χ4v) is 3.20. The molecule has 0 amide bonds. The molecule has 26 heavy (non-hydrogen) atoms. The smallest absolute Gasteiger partial charge is 0.126 e. The Morgan fingerprint density at radius 2 is 1.77 bits per heavy atom. The number of nitrogens with zero attached hydrogens (tertiary/aromatic N) is 1. The fourth-order valence-electron chi connectivity index (χ4n) is 3.20. The van der Waals surface area contributed by atoms with Gasteiger partial charge in [0.25, 0.3) is 0 Å². The van der Waals surface area contributed by atoms with E-state index in [1.165, 1.54) is 11.1 Å². The summed E-state index contributed by atoms with van der Waals surface area (Å²) >= 11 is 0. The van der Waals surface area contributed by atoms with Gasteiger partial charge in [-0.15, -0.1) is 24.8 Å². The third-order valence-electron chi connectivity index (χ3n) is 4.61. The van der Waals surface area contributed by atoms with Gasteiger partial charge in [0.2, 0.25) is 0 Å². The van der Waals surface area contributed by atoms with Crippen molar-refractivity contribution in [3.63, 3.8) is 0 Å². The minimum absolute atomic E-state index is 0. The monoisotopic (exact) mass is 404 g/mol. The van der Waals surface area contributed by atoms with Crippen LogP contribution < -0.4 is 5.73 Å². The van der Waals surface area contributed by atoms with Crippen molar-refractivity contribution in [3.8, 4) is 0 Å². The molecule has 1 aliphatic rings. The lowest BCUT2D eigenvalue weighted by Gasteiger charge is -2.32. The van der Waals surface area contributed by atoms with Gasteiger partial charge in [-0.25, -0.2) is 8.78 Å². The molecule has 2 atom stereocenters. The van der Waals surface area contributed by atoms with E-state index in [4.69, 9.17) is 5.73 Å². The van der Waals surface area contributed by atoms with Gasteiger partial charge >= 0.3 is 0 Å². The molecule has 2 aromatic carbocycles. The van der Waals surface area contributed by atoms with E-state index in [1.807, 2.05) is 12.1 Å². The van der Waals surface area contributed by atoms with Gasteiger partial charge in [-0.2, -0.15) is 0 Å². The lowest BCUT2D eigenvalue weighted by molar-refractivity contribution is 0.0847. The number of β-amino-alcohol motifs (C(OH)–C–C–N with tert-alkyl or cyclic N) is 1. The number of aliphatic hydroxyl groups excluding tert-OH is 1. The molecule has 144 valence electrons. The van der Waals surface area contributed by atoms with Crippen LogP contribution in [0.4, 0.5) is 8.78 Å². The molecule has 1 aliphatic heterocycles. The first-order valence-corrected chi connectivity index (χ1v) is 8.19. The second-order valence-electron chi connectivity index (χ2n) is 6.42. The first kappa shape index (κ1) is 22.8. The quantitative estimate of drug-likeness (QED) is 0.804. The molecule has 0 aromatic heterocycles. The molecule has 0 bridgehead atoms. The third-order valence-corrected chi connectivity index (χ3v) is 4.61. The number of benzene rings is 2. The Kier molecular flexibility index (Phi) is 8.93. The molecule has 0 aliphatic carbocycles. The molecule has 7 heteroatoms. The molecule has 0 spiro atoms. The van der Waals surface area contributed by atoms with E-state index < -0.39 is 23.8 Å². The van der Waals surface area contributed by atoms with Crippen molar-refractivity contribution in [2.45, 2.75) is 31.5 Å². The summed E-state index contributed by atoms with van der Waals surface area (Å²) in [4.78, 5) is 2.15. The van der Waals surface area contributed by atoms with Crippen molar-refractivity contribution in [3.05, 3.63) is 70.8 Å². The zero-order valence-corrected chi connectivity index (χ0v) is 15.9. The van der Waals surface area contributed by atoms with Crippen LogP contribution in [0.1, 0.15) is 16.7 Å². The molecule has 0 unspecified atom stereocenters. The van der Waals surface area contributed by atoms with Crippen LogP contribution in [0.5, 0.6) is 0 Å². The Bertz CT molecular complexity index is 718. The van der Waals surface area contributed by atoms with Crippen LogP contribution in [-0.2, 0) is 19.4 Å². The maximum atomic E-state index is 13.7. The molecule has 2 aromatic rings. The summed E-state index contributed by atoms with van der Waals surface area (Å²) < 4.78 is 26.9. The lowest BCUT2D eigenvalue weighted by Crippen LogP contribution is -2.46. The van der Waals surface area contributed by atoms with Crippen LogP contribution in [0.25, 0.3) is 0 Å². The van der Waals surface area contributed by atoms with Crippen molar-refractivity contribution >= 4 is 24.8 Å². The maximum Gasteiger partial charge on any atom is 0.126 e. The highest BCUT2D eigenvalue weighted by molar-refractivity contribution is 5.85. The summed E-state index contributed by atoms with van der Waals surface area (Å²) in [6.45, 7) is 2.05. The maximum absolute atomic E-state index is 13.7. The average Bonchev–Trinajstić information content (AvgIpc) is 2.58. The van der Waals surface area contributed by atoms with Gasteiger partial charge in [-0.1, -0.05) is 24.3 Å². The molecular weight excluding hydrogens is 381 g/mol. The highest BCUT2D eigenvalue weighted by Gasteiger charge is 2.23. The molecule has 3 nitrogen and oxygen atoms in total. The predicted molar refractivity (Wildman–Crippen MR) is 104 cm³/mol. The van der Waals surface area contributed by atoms with E-state index in [1.54, 1.807) is 0 Å². The average molecular weight is 405 g/mol. The van der Waals surface area contributed by atoms with Gasteiger partial charge in [0.05, 0.1) is 6.10 Å². The van der Waals surface area contributed by atoms with Crippen molar-refractivity contribution in [2.24, 2.45) is 5.73 Å². The van der Waals surface area contributed by atoms with Gasteiger partial charge in [0.15, 0.2) is 0 Å². The number of halogens is 4. The molecular formula is C19H24Cl2F2N2O. The van der Waals surface area contributed by atoms with Gasteiger partial charge in [0, 0.05) is 25.7 Å². The predicted octanol–water partition coefficient (Wildman–Crippen LogP) is 3.10. The largest absolute Gasteiger partial charge is 0.390 e. The fraction of sp³-hybridized carbons (Fsp3) is 0.368.